The van der Waals surface area contributed by atoms with Crippen LogP contribution in [0.15, 0.2) is 71.8 Å². The van der Waals surface area contributed by atoms with Crippen molar-refractivity contribution in [1.82, 2.24) is 4.98 Å². The van der Waals surface area contributed by atoms with Gasteiger partial charge in [-0.05, 0) is 18.2 Å². The first-order chi connectivity index (χ1) is 10.4. The first-order valence-electron chi connectivity index (χ1n) is 6.97. The highest BCUT2D eigenvalue weighted by Gasteiger charge is 2.25. The molecule has 0 saturated carbocycles. The van der Waals surface area contributed by atoms with Gasteiger partial charge in [0.25, 0.3) is 5.52 Å². The van der Waals surface area contributed by atoms with Crippen LogP contribution in [0, 0.1) is 0 Å². The molecule has 0 fully saturated rings. The van der Waals surface area contributed by atoms with Gasteiger partial charge in [-0.15, -0.1) is 0 Å². The number of aromatic nitrogens is 2. The molecule has 0 spiro atoms. The third-order valence-electron chi connectivity index (χ3n) is 3.74. The Kier molecular flexibility index (Phi) is 2.64. The molecule has 3 heteroatoms. The standard InChI is InChI=1S/C18H14N2O/c1-2-11-20-16-9-5-6-10-17(16)21-18(20)14-12-19-15-8-4-3-7-13(14)15/h2-10,12H,1,11H2/p+1. The molecule has 0 atom stereocenters. The third kappa shape index (κ3) is 1.78. The van der Waals surface area contributed by atoms with Crippen LogP contribution >= 0.6 is 0 Å². The van der Waals surface area contributed by atoms with Crippen LogP contribution in [-0.2, 0) is 6.54 Å². The molecule has 0 saturated heterocycles. The number of nitrogens with zero attached hydrogens (tertiary/aromatic N) is 1. The highest BCUT2D eigenvalue weighted by molar-refractivity contribution is 5.93. The molecule has 2 aromatic heterocycles. The zero-order valence-corrected chi connectivity index (χ0v) is 11.5. The Labute approximate surface area is 122 Å². The molecule has 1 N–H and O–H groups in total. The van der Waals surface area contributed by atoms with Crippen molar-refractivity contribution in [3.05, 3.63) is 67.4 Å². The molecule has 0 amide bonds. The van der Waals surface area contributed by atoms with Crippen molar-refractivity contribution in [2.24, 2.45) is 0 Å². The van der Waals surface area contributed by atoms with Crippen LogP contribution in [0.3, 0.4) is 0 Å². The van der Waals surface area contributed by atoms with Crippen LogP contribution in [0.4, 0.5) is 0 Å². The van der Waals surface area contributed by atoms with Crippen LogP contribution in [0.1, 0.15) is 0 Å². The molecule has 2 heterocycles. The first-order valence-corrected chi connectivity index (χ1v) is 6.97. The number of fused-ring (bicyclic) bond motifs is 2. The maximum atomic E-state index is 6.10. The van der Waals surface area contributed by atoms with E-state index >= 15 is 0 Å². The monoisotopic (exact) mass is 275 g/mol. The van der Waals surface area contributed by atoms with E-state index in [-0.39, 0.29) is 0 Å². The molecule has 0 aliphatic rings. The number of oxazole rings is 1. The molecule has 102 valence electrons. The lowest BCUT2D eigenvalue weighted by Gasteiger charge is -1.94. The minimum absolute atomic E-state index is 0.714. The highest BCUT2D eigenvalue weighted by atomic mass is 16.4. The zero-order valence-electron chi connectivity index (χ0n) is 11.5. The van der Waals surface area contributed by atoms with E-state index in [1.54, 1.807) is 0 Å². The van der Waals surface area contributed by atoms with Gasteiger partial charge in [-0.2, -0.15) is 4.57 Å². The van der Waals surface area contributed by atoms with Gasteiger partial charge in [0, 0.05) is 23.2 Å². The van der Waals surface area contributed by atoms with Crippen LogP contribution in [-0.4, -0.2) is 4.98 Å². The lowest BCUT2D eigenvalue weighted by Crippen LogP contribution is -2.33. The summed E-state index contributed by atoms with van der Waals surface area (Å²) in [6, 6.07) is 16.3. The Balaban J connectivity index is 2.05. The molecule has 2 aromatic carbocycles. The molecular weight excluding hydrogens is 260 g/mol. The number of hydrogen-bond donors (Lipinski definition) is 1. The zero-order chi connectivity index (χ0) is 14.2. The van der Waals surface area contributed by atoms with Crippen molar-refractivity contribution in [2.75, 3.05) is 0 Å². The van der Waals surface area contributed by atoms with Gasteiger partial charge >= 0.3 is 5.89 Å². The average Bonchev–Trinajstić information content (AvgIpc) is 3.09. The smallest absolute Gasteiger partial charge is 0.384 e. The summed E-state index contributed by atoms with van der Waals surface area (Å²) in [5.41, 5.74) is 4.15. The van der Waals surface area contributed by atoms with Gasteiger partial charge in [0.1, 0.15) is 5.56 Å². The Morgan fingerprint density at radius 1 is 1.10 bits per heavy atom. The van der Waals surface area contributed by atoms with E-state index in [0.717, 1.165) is 33.5 Å². The van der Waals surface area contributed by atoms with E-state index < -0.39 is 0 Å². The van der Waals surface area contributed by atoms with E-state index in [9.17, 15) is 0 Å². The van der Waals surface area contributed by atoms with E-state index in [0.29, 0.717) is 6.54 Å². The van der Waals surface area contributed by atoms with E-state index in [4.69, 9.17) is 4.42 Å². The second kappa shape index (κ2) is 4.63. The van der Waals surface area contributed by atoms with Gasteiger partial charge in [-0.1, -0.05) is 36.9 Å². The van der Waals surface area contributed by atoms with Crippen molar-refractivity contribution in [1.29, 1.82) is 0 Å². The summed E-state index contributed by atoms with van der Waals surface area (Å²) in [6.07, 6.45) is 3.89. The molecule has 21 heavy (non-hydrogen) atoms. The molecule has 0 aliphatic carbocycles. The number of rotatable bonds is 3. The number of benzene rings is 2. The quantitative estimate of drug-likeness (QED) is 0.444. The SMILES string of the molecule is C=CC[n+]1c(-c2c[nH]c3ccccc23)oc2ccccc21. The molecule has 0 bridgehead atoms. The fourth-order valence-electron chi connectivity index (χ4n) is 2.79. The van der Waals surface area contributed by atoms with Crippen LogP contribution < -0.4 is 4.57 Å². The van der Waals surface area contributed by atoms with Gasteiger partial charge < -0.3 is 9.40 Å². The maximum Gasteiger partial charge on any atom is 0.384 e. The minimum Gasteiger partial charge on any atom is -0.397 e. The molecular formula is C18H15N2O+. The lowest BCUT2D eigenvalue weighted by molar-refractivity contribution is -0.653. The largest absolute Gasteiger partial charge is 0.397 e. The van der Waals surface area contributed by atoms with Crippen molar-refractivity contribution in [3.8, 4) is 11.5 Å². The number of allylic oxidation sites excluding steroid dienone is 1. The van der Waals surface area contributed by atoms with Crippen molar-refractivity contribution < 1.29 is 8.98 Å². The molecule has 0 radical (unpaired) electrons. The fraction of sp³-hybridized carbons (Fsp3) is 0.0556. The van der Waals surface area contributed by atoms with Crippen molar-refractivity contribution in [3.63, 3.8) is 0 Å². The second-order valence-corrected chi connectivity index (χ2v) is 5.02. The number of H-pyrrole nitrogens is 1. The molecule has 3 nitrogen and oxygen atoms in total. The van der Waals surface area contributed by atoms with E-state index in [1.165, 1.54) is 0 Å². The van der Waals surface area contributed by atoms with Gasteiger partial charge in [-0.25, -0.2) is 0 Å². The van der Waals surface area contributed by atoms with E-state index in [2.05, 4.69) is 34.3 Å². The topological polar surface area (TPSA) is 32.8 Å². The molecule has 0 aliphatic heterocycles. The van der Waals surface area contributed by atoms with Gasteiger partial charge in [0.2, 0.25) is 5.58 Å². The number of hydrogen-bond acceptors (Lipinski definition) is 1. The highest BCUT2D eigenvalue weighted by Crippen LogP contribution is 2.29. The Morgan fingerprint density at radius 3 is 2.81 bits per heavy atom. The minimum atomic E-state index is 0.714. The average molecular weight is 275 g/mol. The van der Waals surface area contributed by atoms with E-state index in [1.807, 2.05) is 42.6 Å². The Bertz CT molecular complexity index is 946. The normalized spacial score (nSPS) is 11.2. The predicted octanol–water partition coefficient (Wildman–Crippen LogP) is 4.05. The summed E-state index contributed by atoms with van der Waals surface area (Å²) < 4.78 is 8.25. The van der Waals surface area contributed by atoms with Crippen LogP contribution in [0.25, 0.3) is 33.5 Å². The molecule has 0 unspecified atom stereocenters. The van der Waals surface area contributed by atoms with Crippen molar-refractivity contribution >= 4 is 22.0 Å². The van der Waals surface area contributed by atoms with Crippen molar-refractivity contribution in [2.45, 2.75) is 6.54 Å². The Morgan fingerprint density at radius 2 is 1.90 bits per heavy atom. The summed E-state index contributed by atoms with van der Waals surface area (Å²) in [7, 11) is 0. The van der Waals surface area contributed by atoms with Crippen LogP contribution in [0.5, 0.6) is 0 Å². The summed E-state index contributed by atoms with van der Waals surface area (Å²) >= 11 is 0. The van der Waals surface area contributed by atoms with Crippen LogP contribution in [0.2, 0.25) is 0 Å². The molecule has 4 rings (SSSR count). The maximum absolute atomic E-state index is 6.10. The predicted molar refractivity (Wildman–Crippen MR) is 83.9 cm³/mol. The lowest BCUT2D eigenvalue weighted by atomic mass is 10.2. The summed E-state index contributed by atoms with van der Waals surface area (Å²) in [5.74, 6) is 0.855. The Hall–Kier alpha value is -2.81. The van der Waals surface area contributed by atoms with Gasteiger partial charge in [-0.3, -0.25) is 0 Å². The summed E-state index contributed by atoms with van der Waals surface area (Å²) in [5, 5.41) is 1.16. The number of aromatic amines is 1. The summed E-state index contributed by atoms with van der Waals surface area (Å²) in [4.78, 5) is 3.30. The second-order valence-electron chi connectivity index (χ2n) is 5.02. The number of para-hydroxylation sites is 3. The van der Waals surface area contributed by atoms with Gasteiger partial charge in [0.05, 0.1) is 0 Å². The summed E-state index contributed by atoms with van der Waals surface area (Å²) in [6.45, 7) is 4.57. The third-order valence-corrected chi connectivity index (χ3v) is 3.74. The van der Waals surface area contributed by atoms with Gasteiger partial charge in [0.15, 0.2) is 6.54 Å². The first kappa shape index (κ1) is 12.0. The fourth-order valence-corrected chi connectivity index (χ4v) is 2.79. The number of nitrogens with one attached hydrogen (secondary N) is 1. The molecule has 4 aromatic rings.